The highest BCUT2D eigenvalue weighted by atomic mass is 32.2. The Labute approximate surface area is 89.7 Å². The minimum atomic E-state index is -3.39. The first-order chi connectivity index (χ1) is 7.06. The van der Waals surface area contributed by atoms with Crippen LogP contribution in [0.1, 0.15) is 0 Å². The Bertz CT molecular complexity index is 437. The van der Waals surface area contributed by atoms with E-state index in [2.05, 4.69) is 6.92 Å². The number of benzene rings is 1. The number of sulfone groups is 1. The van der Waals surface area contributed by atoms with Crippen molar-refractivity contribution >= 4 is 9.84 Å². The van der Waals surface area contributed by atoms with Gasteiger partial charge in [-0.3, -0.25) is 0 Å². The molecule has 0 unspecified atom stereocenters. The largest absolute Gasteiger partial charge is 0.493 e. The van der Waals surface area contributed by atoms with E-state index in [4.69, 9.17) is 9.47 Å². The van der Waals surface area contributed by atoms with Crippen LogP contribution in [-0.2, 0) is 9.84 Å². The van der Waals surface area contributed by atoms with Crippen LogP contribution in [0.15, 0.2) is 23.1 Å². The van der Waals surface area contributed by atoms with Gasteiger partial charge in [0.25, 0.3) is 0 Å². The lowest BCUT2D eigenvalue weighted by Crippen LogP contribution is -2.06. The number of para-hydroxylation sites is 1. The third kappa shape index (κ3) is 2.23. The van der Waals surface area contributed by atoms with Crippen LogP contribution in [0.2, 0.25) is 0 Å². The Morgan fingerprint density at radius 1 is 1.27 bits per heavy atom. The van der Waals surface area contributed by atoms with Crippen LogP contribution in [0.5, 0.6) is 11.5 Å². The van der Waals surface area contributed by atoms with E-state index in [1.54, 1.807) is 12.1 Å². The first kappa shape index (κ1) is 11.8. The first-order valence-corrected chi connectivity index (χ1v) is 5.95. The topological polar surface area (TPSA) is 52.6 Å². The monoisotopic (exact) mass is 229 g/mol. The van der Waals surface area contributed by atoms with Crippen molar-refractivity contribution in [3.63, 3.8) is 0 Å². The molecule has 0 fully saturated rings. The van der Waals surface area contributed by atoms with Crippen LogP contribution < -0.4 is 9.47 Å². The fourth-order valence-electron chi connectivity index (χ4n) is 1.21. The molecule has 0 aliphatic carbocycles. The lowest BCUT2D eigenvalue weighted by Gasteiger charge is -2.11. The highest BCUT2D eigenvalue weighted by molar-refractivity contribution is 7.91. The van der Waals surface area contributed by atoms with Gasteiger partial charge in [0.15, 0.2) is 21.3 Å². The van der Waals surface area contributed by atoms with Crippen molar-refractivity contribution in [2.75, 3.05) is 20.0 Å². The van der Waals surface area contributed by atoms with Gasteiger partial charge in [-0.2, -0.15) is 0 Å². The Kier molecular flexibility index (Phi) is 3.57. The Balaban J connectivity index is 3.43. The van der Waals surface area contributed by atoms with Crippen molar-refractivity contribution in [3.05, 3.63) is 25.1 Å². The van der Waals surface area contributed by atoms with E-state index in [0.717, 1.165) is 0 Å². The van der Waals surface area contributed by atoms with Gasteiger partial charge in [-0.05, 0) is 19.1 Å². The zero-order chi connectivity index (χ0) is 11.5. The first-order valence-electron chi connectivity index (χ1n) is 4.29. The van der Waals surface area contributed by atoms with Gasteiger partial charge >= 0.3 is 0 Å². The second kappa shape index (κ2) is 4.53. The lowest BCUT2D eigenvalue weighted by atomic mass is 10.3. The second-order valence-corrected chi connectivity index (χ2v) is 4.89. The van der Waals surface area contributed by atoms with E-state index >= 15 is 0 Å². The highest BCUT2D eigenvalue weighted by Crippen LogP contribution is 2.34. The van der Waals surface area contributed by atoms with Gasteiger partial charge in [-0.25, -0.2) is 8.42 Å². The molecule has 1 rings (SSSR count). The second-order valence-electron chi connectivity index (χ2n) is 2.81. The van der Waals surface area contributed by atoms with Crippen LogP contribution in [0.25, 0.3) is 0 Å². The van der Waals surface area contributed by atoms with Crippen LogP contribution in [0.3, 0.4) is 0 Å². The van der Waals surface area contributed by atoms with E-state index in [9.17, 15) is 8.42 Å². The summed E-state index contributed by atoms with van der Waals surface area (Å²) in [6.45, 7) is 3.38. The van der Waals surface area contributed by atoms with Crippen molar-refractivity contribution in [1.82, 2.24) is 0 Å². The summed E-state index contributed by atoms with van der Waals surface area (Å²) >= 11 is 0. The number of methoxy groups -OCH3 is 2. The number of hydrogen-bond donors (Lipinski definition) is 0. The van der Waals surface area contributed by atoms with Crippen LogP contribution >= 0.6 is 0 Å². The maximum Gasteiger partial charge on any atom is 0.182 e. The van der Waals surface area contributed by atoms with Crippen LogP contribution in [0.4, 0.5) is 0 Å². The molecule has 4 nitrogen and oxygen atoms in total. The summed E-state index contributed by atoms with van der Waals surface area (Å²) in [6.07, 6.45) is 0. The standard InChI is InChI=1S/C10H13O4S/c1-4-15(11,12)9-7-5-6-8(13-2)10(9)14-3/h5-7H,1,4H2,2-3H3. The van der Waals surface area contributed by atoms with Crippen molar-refractivity contribution in [3.8, 4) is 11.5 Å². The summed E-state index contributed by atoms with van der Waals surface area (Å²) in [4.78, 5) is 0.111. The minimum absolute atomic E-state index is 0.111. The molecule has 1 radical (unpaired) electrons. The van der Waals surface area contributed by atoms with Crippen molar-refractivity contribution in [1.29, 1.82) is 0 Å². The molecule has 0 saturated carbocycles. The Morgan fingerprint density at radius 3 is 2.40 bits per heavy atom. The lowest BCUT2D eigenvalue weighted by molar-refractivity contribution is 0.347. The number of hydrogen-bond acceptors (Lipinski definition) is 4. The summed E-state index contributed by atoms with van der Waals surface area (Å²) in [5.41, 5.74) is 0. The predicted molar refractivity (Wildman–Crippen MR) is 57.0 cm³/mol. The third-order valence-electron chi connectivity index (χ3n) is 1.97. The molecule has 83 valence electrons. The third-order valence-corrected chi connectivity index (χ3v) is 3.50. The fourth-order valence-corrected chi connectivity index (χ4v) is 2.18. The van der Waals surface area contributed by atoms with Gasteiger partial charge in [0.05, 0.1) is 20.0 Å². The predicted octanol–water partition coefficient (Wildman–Crippen LogP) is 1.31. The van der Waals surface area contributed by atoms with Gasteiger partial charge in [0.1, 0.15) is 4.90 Å². The molecule has 0 bridgehead atoms. The normalized spacial score (nSPS) is 11.1. The summed E-state index contributed by atoms with van der Waals surface area (Å²) in [6, 6.07) is 4.71. The van der Waals surface area contributed by atoms with Gasteiger partial charge in [0.2, 0.25) is 0 Å². The molecule has 0 aliphatic heterocycles. The maximum absolute atomic E-state index is 11.7. The molecule has 0 amide bonds. The highest BCUT2D eigenvalue weighted by Gasteiger charge is 2.20. The molecule has 1 aromatic carbocycles. The zero-order valence-electron chi connectivity index (χ0n) is 8.69. The van der Waals surface area contributed by atoms with Crippen molar-refractivity contribution in [2.24, 2.45) is 0 Å². The molecule has 0 heterocycles. The molecule has 0 aromatic heterocycles. The minimum Gasteiger partial charge on any atom is -0.493 e. The quantitative estimate of drug-likeness (QED) is 0.781. The average molecular weight is 229 g/mol. The molecule has 0 saturated heterocycles. The summed E-state index contributed by atoms with van der Waals surface area (Å²) in [5, 5.41) is 0. The van der Waals surface area contributed by atoms with Crippen molar-refractivity contribution < 1.29 is 17.9 Å². The molecular formula is C10H13O4S. The molecule has 0 aliphatic rings. The zero-order valence-corrected chi connectivity index (χ0v) is 9.50. The molecule has 0 atom stereocenters. The fraction of sp³-hybridized carbons (Fsp3) is 0.300. The average Bonchev–Trinajstić information content (AvgIpc) is 2.27. The molecule has 15 heavy (non-hydrogen) atoms. The smallest absolute Gasteiger partial charge is 0.182 e. The van der Waals surface area contributed by atoms with E-state index in [0.29, 0.717) is 5.75 Å². The van der Waals surface area contributed by atoms with Gasteiger partial charge < -0.3 is 9.47 Å². The Hall–Kier alpha value is -1.23. The van der Waals surface area contributed by atoms with Crippen molar-refractivity contribution in [2.45, 2.75) is 4.90 Å². The van der Waals surface area contributed by atoms with E-state index in [1.807, 2.05) is 0 Å². The van der Waals surface area contributed by atoms with Crippen LogP contribution in [-0.4, -0.2) is 28.4 Å². The van der Waals surface area contributed by atoms with E-state index in [1.165, 1.54) is 20.3 Å². The van der Waals surface area contributed by atoms with E-state index in [-0.39, 0.29) is 16.4 Å². The molecular weight excluding hydrogens is 216 g/mol. The van der Waals surface area contributed by atoms with Gasteiger partial charge in [-0.15, -0.1) is 0 Å². The number of rotatable bonds is 4. The van der Waals surface area contributed by atoms with Gasteiger partial charge in [-0.1, -0.05) is 6.07 Å². The number of ether oxygens (including phenoxy) is 2. The summed E-state index contributed by atoms with van der Waals surface area (Å²) < 4.78 is 33.3. The summed E-state index contributed by atoms with van der Waals surface area (Å²) in [5.74, 6) is 0.409. The maximum atomic E-state index is 11.7. The molecule has 0 spiro atoms. The SMILES string of the molecule is [CH2]CS(=O)(=O)c1cccc(OC)c1OC. The van der Waals surface area contributed by atoms with Gasteiger partial charge in [0, 0.05) is 0 Å². The van der Waals surface area contributed by atoms with E-state index < -0.39 is 9.84 Å². The molecule has 5 heteroatoms. The molecule has 0 N–H and O–H groups in total. The summed E-state index contributed by atoms with van der Waals surface area (Å²) in [7, 11) is -0.530. The molecule has 1 aromatic rings. The Morgan fingerprint density at radius 2 is 1.93 bits per heavy atom. The van der Waals surface area contributed by atoms with Crippen LogP contribution in [0, 0.1) is 6.92 Å².